The predicted molar refractivity (Wildman–Crippen MR) is 341 cm³/mol. The summed E-state index contributed by atoms with van der Waals surface area (Å²) in [4.78, 5) is 4.87. The Morgan fingerprint density at radius 2 is 1.02 bits per heavy atom. The van der Waals surface area contributed by atoms with Crippen molar-refractivity contribution >= 4 is 61.7 Å². The van der Waals surface area contributed by atoms with E-state index < -0.39 is 68.5 Å². The monoisotopic (exact) mass is 1080 g/mol. The van der Waals surface area contributed by atoms with E-state index in [9.17, 15) is 5.48 Å². The lowest BCUT2D eigenvalue weighted by Gasteiger charge is -2.34. The van der Waals surface area contributed by atoms with Crippen LogP contribution in [-0.2, 0) is 5.41 Å². The van der Waals surface area contributed by atoms with Gasteiger partial charge in [-0.15, -0.1) is 0 Å². The summed E-state index contributed by atoms with van der Waals surface area (Å²) in [5.41, 5.74) is 5.94. The molecule has 0 atom stereocenters. The van der Waals surface area contributed by atoms with Crippen molar-refractivity contribution < 1.29 is 23.0 Å². The summed E-state index contributed by atoms with van der Waals surface area (Å²) in [6, 6.07) is 71.1. The van der Waals surface area contributed by atoms with Crippen LogP contribution >= 0.6 is 0 Å². The first-order valence-electron chi connectivity index (χ1n) is 32.3. The van der Waals surface area contributed by atoms with Crippen LogP contribution in [0.2, 0.25) is 0 Å². The van der Waals surface area contributed by atoms with Gasteiger partial charge in [-0.3, -0.25) is 13.7 Å². The number of hydrogen-bond donors (Lipinski definition) is 0. The minimum absolute atomic E-state index is 0.111. The van der Waals surface area contributed by atoms with Gasteiger partial charge in [0.05, 0.1) is 47.1 Å². The van der Waals surface area contributed by atoms with E-state index in [4.69, 9.17) is 17.9 Å². The average molecular weight is 1080 g/mol. The molecule has 0 N–H and O–H groups in total. The lowest BCUT2D eigenvalue weighted by atomic mass is 9.88. The molecule has 0 bridgehead atoms. The number of fused-ring (bicyclic) bond motifs is 4. The molecular formula is C76H58N4OSi. The smallest absolute Gasteiger partial charge is 0.269 e. The van der Waals surface area contributed by atoms with Crippen molar-refractivity contribution in [3.8, 4) is 62.1 Å². The van der Waals surface area contributed by atoms with Crippen molar-refractivity contribution in [3.63, 3.8) is 0 Å². The van der Waals surface area contributed by atoms with Crippen LogP contribution in [0.4, 0.5) is 0 Å². The highest BCUT2D eigenvalue weighted by atomic mass is 28.3. The van der Waals surface area contributed by atoms with Gasteiger partial charge >= 0.3 is 0 Å². The Morgan fingerprint density at radius 3 is 1.67 bits per heavy atom. The van der Waals surface area contributed by atoms with Gasteiger partial charge in [0.25, 0.3) is 6.33 Å². The van der Waals surface area contributed by atoms with E-state index in [1.54, 1.807) is 16.7 Å². The first-order chi connectivity index (χ1) is 44.4. The van der Waals surface area contributed by atoms with Crippen molar-refractivity contribution in [2.45, 2.75) is 26.2 Å². The van der Waals surface area contributed by atoms with Crippen LogP contribution in [0.25, 0.3) is 83.4 Å². The molecule has 0 unspecified atom stereocenters. The topological polar surface area (TPSA) is 35.9 Å². The summed E-state index contributed by atoms with van der Waals surface area (Å²) in [6.07, 6.45) is 5.44. The van der Waals surface area contributed by atoms with Crippen LogP contribution in [0.5, 0.6) is 11.5 Å². The second kappa shape index (κ2) is 20.8. The zero-order valence-corrected chi connectivity index (χ0v) is 46.2. The number of hydrogen-bond acceptors (Lipinski definition) is 2. The Morgan fingerprint density at radius 1 is 0.463 bits per heavy atom. The van der Waals surface area contributed by atoms with E-state index >= 15 is 0 Å². The molecule has 14 aromatic rings. The van der Waals surface area contributed by atoms with Crippen molar-refractivity contribution in [2.75, 3.05) is 0 Å². The van der Waals surface area contributed by atoms with Crippen LogP contribution in [0.15, 0.2) is 297 Å². The van der Waals surface area contributed by atoms with Crippen LogP contribution in [-0.4, -0.2) is 22.2 Å². The van der Waals surface area contributed by atoms with E-state index in [0.717, 1.165) is 53.9 Å². The summed E-state index contributed by atoms with van der Waals surface area (Å²) < 4.78 is 105. The second-order valence-electron chi connectivity index (χ2n) is 21.4. The molecule has 0 saturated heterocycles. The fourth-order valence-electron chi connectivity index (χ4n) is 11.7. The third-order valence-corrected chi connectivity index (χ3v) is 20.3. The molecule has 0 radical (unpaired) electrons. The molecule has 0 aliphatic heterocycles. The summed E-state index contributed by atoms with van der Waals surface area (Å²) in [6.45, 7) is 6.55. The molecule has 3 heterocycles. The molecule has 0 fully saturated rings. The maximum Gasteiger partial charge on any atom is 0.269 e. The molecule has 0 saturated carbocycles. The maximum absolute atomic E-state index is 9.67. The Balaban J connectivity index is 1.000. The van der Waals surface area contributed by atoms with Crippen LogP contribution in [0.1, 0.15) is 40.0 Å². The van der Waals surface area contributed by atoms with E-state index in [1.807, 2.05) is 114 Å². The van der Waals surface area contributed by atoms with Gasteiger partial charge in [0.2, 0.25) is 0 Å². The fourth-order valence-corrected chi connectivity index (χ4v) is 16.5. The Bertz CT molecular complexity index is 5020. The number of imidazole rings is 1. The number of nitrogens with zero attached hydrogens (tertiary/aromatic N) is 4. The quantitative estimate of drug-likeness (QED) is 0.0529. The largest absolute Gasteiger partial charge is 0.458 e. The molecule has 14 rings (SSSR count). The van der Waals surface area contributed by atoms with Crippen molar-refractivity contribution in [3.05, 3.63) is 309 Å². The van der Waals surface area contributed by atoms with Crippen LogP contribution < -0.4 is 30.1 Å². The standard InChI is InChI=1S/C76H58N4OSi/c1-76(2,3)58-45-46-77-74(50-58)80-70-40-20-19-39-66(70)67-44-43-61(52-73(67)80)81-60-31-24-30-59(51-60)78-53-79(72-42-22-21-41-71(72)78)75-68(54-25-9-4-10-26-54)48-57(49-69(75)55-27-11-5-12-28-55)56-29-23-38-65(47-56)82(62-32-13-6-14-33-62,63-34-15-7-16-35-63)64-36-17-8-18-37-64/h4-52H,1-3H3/i4D,5D,9D,10D,11D,12D,25D,26D,27D,28D. The molecule has 0 spiro atoms. The van der Waals surface area contributed by atoms with Crippen LogP contribution in [0.3, 0.4) is 0 Å². The van der Waals surface area contributed by atoms with E-state index in [-0.39, 0.29) is 33.4 Å². The van der Waals surface area contributed by atoms with Gasteiger partial charge in [-0.25, -0.2) is 4.98 Å². The van der Waals surface area contributed by atoms with Gasteiger partial charge in [0, 0.05) is 23.0 Å². The fraction of sp³-hybridized carbons (Fsp3) is 0.0526. The Kier molecular flexibility index (Phi) is 10.2. The molecule has 0 aliphatic carbocycles. The summed E-state index contributed by atoms with van der Waals surface area (Å²) in [5.74, 6) is 1.86. The zero-order valence-electron chi connectivity index (χ0n) is 55.2. The van der Waals surface area contributed by atoms with Gasteiger partial charge in [-0.1, -0.05) is 245 Å². The summed E-state index contributed by atoms with van der Waals surface area (Å²) >= 11 is 0. The molecule has 11 aromatic carbocycles. The van der Waals surface area contributed by atoms with Gasteiger partial charge in [-0.05, 0) is 126 Å². The lowest BCUT2D eigenvalue weighted by Crippen LogP contribution is -2.74. The maximum atomic E-state index is 9.67. The van der Waals surface area contributed by atoms with Gasteiger partial charge in [0.15, 0.2) is 8.07 Å². The number of pyridine rings is 1. The first-order valence-corrected chi connectivity index (χ1v) is 29.3. The number of rotatable bonds is 12. The molecule has 3 aromatic heterocycles. The van der Waals surface area contributed by atoms with E-state index in [1.165, 1.54) is 0 Å². The summed E-state index contributed by atoms with van der Waals surface area (Å²) in [7, 11) is -3.17. The predicted octanol–water partition coefficient (Wildman–Crippen LogP) is 15.7. The Labute approximate surface area is 494 Å². The van der Waals surface area contributed by atoms with Gasteiger partial charge < -0.3 is 4.74 Å². The number of para-hydroxylation sites is 3. The molecule has 6 heteroatoms. The normalized spacial score (nSPS) is 13.5. The van der Waals surface area contributed by atoms with Crippen LogP contribution in [0, 0.1) is 6.33 Å². The first kappa shape index (κ1) is 40.1. The highest BCUT2D eigenvalue weighted by Gasteiger charge is 2.41. The van der Waals surface area contributed by atoms with Crippen molar-refractivity contribution in [1.29, 1.82) is 0 Å². The van der Waals surface area contributed by atoms with E-state index in [2.05, 4.69) is 147 Å². The zero-order chi connectivity index (χ0) is 63.9. The average Bonchev–Trinajstić information content (AvgIpc) is 1.77. The molecule has 0 amide bonds. The SMILES string of the molecule is [2H]c1c([2H])c([2H])c(-c2cc(-c3cccc([Si](c4ccccc4)(c4ccccc4)c4ccccc4)c3)cc(-c3c([2H])c([2H])c([2H])c([2H])c3[2H])c2-[n+]2[c-]n(-c3cccc(Oc4ccc5c6ccccc6n(-c6cc(C(C)(C)C)ccn6)c5c4)c3)c3ccccc32)c([2H])c1[2H]. The second-order valence-corrected chi connectivity index (χ2v) is 25.2. The van der Waals surface area contributed by atoms with Gasteiger partial charge in [0.1, 0.15) is 17.3 Å². The molecule has 5 nitrogen and oxygen atoms in total. The van der Waals surface area contributed by atoms with E-state index in [0.29, 0.717) is 39.3 Å². The van der Waals surface area contributed by atoms with Crippen molar-refractivity contribution in [2.24, 2.45) is 0 Å². The lowest BCUT2D eigenvalue weighted by molar-refractivity contribution is -0.571. The van der Waals surface area contributed by atoms with Gasteiger partial charge in [-0.2, -0.15) is 0 Å². The molecular weight excluding hydrogens is 1010 g/mol. The highest BCUT2D eigenvalue weighted by Crippen LogP contribution is 2.40. The third kappa shape index (κ3) is 8.90. The van der Waals surface area contributed by atoms with Crippen molar-refractivity contribution in [1.82, 2.24) is 14.1 Å². The number of benzene rings is 11. The minimum atomic E-state index is -3.17. The Hall–Kier alpha value is -10.1. The highest BCUT2D eigenvalue weighted by molar-refractivity contribution is 7.19. The summed E-state index contributed by atoms with van der Waals surface area (Å²) in [5, 5.41) is 6.50. The molecule has 0 aliphatic rings. The number of ether oxygens (including phenoxy) is 1. The molecule has 82 heavy (non-hydrogen) atoms. The number of aromatic nitrogens is 4. The molecule has 392 valence electrons. The minimum Gasteiger partial charge on any atom is -0.458 e. The third-order valence-electron chi connectivity index (χ3n) is 15.5.